The molecule has 0 aliphatic carbocycles. The second-order valence-corrected chi connectivity index (χ2v) is 3.97. The number of aromatic nitrogens is 2. The fourth-order valence-electron chi connectivity index (χ4n) is 1.85. The summed E-state index contributed by atoms with van der Waals surface area (Å²) in [4.78, 5) is 7.83. The zero-order chi connectivity index (χ0) is 14.7. The van der Waals surface area contributed by atoms with Crippen LogP contribution >= 0.6 is 0 Å². The van der Waals surface area contributed by atoms with Crippen molar-refractivity contribution in [2.24, 2.45) is 0 Å². The fraction of sp³-hybridized carbons (Fsp3) is 0.231. The van der Waals surface area contributed by atoms with E-state index in [0.717, 1.165) is 6.07 Å². The molecule has 0 spiro atoms. The van der Waals surface area contributed by atoms with Crippen molar-refractivity contribution in [3.63, 3.8) is 0 Å². The molecule has 7 heteroatoms. The van der Waals surface area contributed by atoms with Crippen molar-refractivity contribution < 1.29 is 17.9 Å². The highest BCUT2D eigenvalue weighted by Gasteiger charge is 2.22. The second kappa shape index (κ2) is 5.87. The Morgan fingerprint density at radius 3 is 2.55 bits per heavy atom. The van der Waals surface area contributed by atoms with E-state index in [4.69, 9.17) is 4.74 Å². The summed E-state index contributed by atoms with van der Waals surface area (Å²) >= 11 is 0. The SMILES string of the molecule is CNC(c1cc(OC)ncn1)c1ccc(F)c(F)c1F. The molecule has 2 aromatic rings. The van der Waals surface area contributed by atoms with Gasteiger partial charge in [-0.3, -0.25) is 0 Å². The number of nitrogens with zero attached hydrogens (tertiary/aromatic N) is 2. The van der Waals surface area contributed by atoms with Crippen LogP contribution in [0.25, 0.3) is 0 Å². The molecule has 0 amide bonds. The molecule has 0 aliphatic rings. The monoisotopic (exact) mass is 283 g/mol. The summed E-state index contributed by atoms with van der Waals surface area (Å²) in [5.74, 6) is -3.70. The van der Waals surface area contributed by atoms with Crippen LogP contribution < -0.4 is 10.1 Å². The van der Waals surface area contributed by atoms with Gasteiger partial charge in [0.15, 0.2) is 17.5 Å². The molecule has 4 nitrogen and oxygen atoms in total. The molecule has 1 N–H and O–H groups in total. The number of benzene rings is 1. The predicted molar refractivity (Wildman–Crippen MR) is 65.8 cm³/mol. The van der Waals surface area contributed by atoms with Gasteiger partial charge in [-0.25, -0.2) is 23.1 Å². The Hall–Kier alpha value is -2.15. The van der Waals surface area contributed by atoms with Crippen molar-refractivity contribution in [2.45, 2.75) is 6.04 Å². The lowest BCUT2D eigenvalue weighted by molar-refractivity contribution is 0.394. The van der Waals surface area contributed by atoms with Crippen LogP contribution in [0.5, 0.6) is 5.88 Å². The normalized spacial score (nSPS) is 12.2. The molecule has 0 saturated heterocycles. The number of hydrogen-bond donors (Lipinski definition) is 1. The zero-order valence-corrected chi connectivity index (χ0v) is 10.8. The molecular formula is C13H12F3N3O. The molecule has 1 aromatic carbocycles. The molecule has 20 heavy (non-hydrogen) atoms. The first-order valence-corrected chi connectivity index (χ1v) is 5.75. The average Bonchev–Trinajstić information content (AvgIpc) is 2.48. The van der Waals surface area contributed by atoms with Gasteiger partial charge in [0.2, 0.25) is 5.88 Å². The van der Waals surface area contributed by atoms with Gasteiger partial charge in [0.25, 0.3) is 0 Å². The number of halogens is 3. The first-order valence-electron chi connectivity index (χ1n) is 5.75. The number of nitrogens with one attached hydrogen (secondary N) is 1. The topological polar surface area (TPSA) is 47.0 Å². The summed E-state index contributed by atoms with van der Waals surface area (Å²) in [7, 11) is 2.98. The van der Waals surface area contributed by atoms with Gasteiger partial charge in [-0.2, -0.15) is 0 Å². The van der Waals surface area contributed by atoms with Gasteiger partial charge >= 0.3 is 0 Å². The molecule has 0 radical (unpaired) electrons. The Balaban J connectivity index is 2.49. The summed E-state index contributed by atoms with van der Waals surface area (Å²) in [6.45, 7) is 0. The Morgan fingerprint density at radius 1 is 1.15 bits per heavy atom. The lowest BCUT2D eigenvalue weighted by Gasteiger charge is -2.17. The van der Waals surface area contributed by atoms with E-state index in [9.17, 15) is 13.2 Å². The number of rotatable bonds is 4. The van der Waals surface area contributed by atoms with Gasteiger partial charge in [-0.1, -0.05) is 6.07 Å². The third kappa shape index (κ3) is 2.57. The van der Waals surface area contributed by atoms with Crippen LogP contribution in [0.4, 0.5) is 13.2 Å². The van der Waals surface area contributed by atoms with Crippen LogP contribution in [0.1, 0.15) is 17.3 Å². The minimum absolute atomic E-state index is 0.0489. The number of methoxy groups -OCH3 is 1. The van der Waals surface area contributed by atoms with Crippen molar-refractivity contribution in [3.05, 3.63) is 53.2 Å². The number of hydrogen-bond acceptors (Lipinski definition) is 4. The highest BCUT2D eigenvalue weighted by Crippen LogP contribution is 2.26. The summed E-state index contributed by atoms with van der Waals surface area (Å²) in [6.07, 6.45) is 1.25. The zero-order valence-electron chi connectivity index (χ0n) is 10.8. The summed E-state index contributed by atoms with van der Waals surface area (Å²) in [5.41, 5.74) is 0.330. The molecule has 0 fully saturated rings. The Labute approximate surface area is 113 Å². The van der Waals surface area contributed by atoms with Crippen molar-refractivity contribution in [1.82, 2.24) is 15.3 Å². The molecule has 1 aromatic heterocycles. The summed E-state index contributed by atoms with van der Waals surface area (Å²) in [5, 5.41) is 2.80. The van der Waals surface area contributed by atoms with Gasteiger partial charge in [0, 0.05) is 11.6 Å². The van der Waals surface area contributed by atoms with Crippen molar-refractivity contribution >= 4 is 0 Å². The van der Waals surface area contributed by atoms with Gasteiger partial charge in [0.05, 0.1) is 18.8 Å². The summed E-state index contributed by atoms with van der Waals surface area (Å²) < 4.78 is 45.1. The van der Waals surface area contributed by atoms with Gasteiger partial charge in [-0.15, -0.1) is 0 Å². The smallest absolute Gasteiger partial charge is 0.216 e. The molecule has 2 rings (SSSR count). The minimum atomic E-state index is -1.51. The largest absolute Gasteiger partial charge is 0.481 e. The van der Waals surface area contributed by atoms with E-state index < -0.39 is 23.5 Å². The van der Waals surface area contributed by atoms with Crippen molar-refractivity contribution in [1.29, 1.82) is 0 Å². The Bertz CT molecular complexity index is 622. The van der Waals surface area contributed by atoms with Crippen molar-refractivity contribution in [3.8, 4) is 5.88 Å². The maximum absolute atomic E-state index is 13.8. The lowest BCUT2D eigenvalue weighted by Crippen LogP contribution is -2.21. The first kappa shape index (κ1) is 14.3. The Kier molecular flexibility index (Phi) is 4.19. The highest BCUT2D eigenvalue weighted by molar-refractivity contribution is 5.31. The van der Waals surface area contributed by atoms with E-state index in [0.29, 0.717) is 11.6 Å². The molecule has 0 bridgehead atoms. The van der Waals surface area contributed by atoms with Gasteiger partial charge in [-0.05, 0) is 13.1 Å². The van der Waals surface area contributed by atoms with Crippen LogP contribution in [-0.2, 0) is 0 Å². The van der Waals surface area contributed by atoms with E-state index in [-0.39, 0.29) is 5.56 Å². The van der Waals surface area contributed by atoms with E-state index in [2.05, 4.69) is 15.3 Å². The van der Waals surface area contributed by atoms with Crippen LogP contribution in [0.2, 0.25) is 0 Å². The maximum Gasteiger partial charge on any atom is 0.216 e. The lowest BCUT2D eigenvalue weighted by atomic mass is 10.0. The van der Waals surface area contributed by atoms with Gasteiger partial charge < -0.3 is 10.1 Å². The highest BCUT2D eigenvalue weighted by atomic mass is 19.2. The van der Waals surface area contributed by atoms with E-state index in [1.165, 1.54) is 25.6 Å². The van der Waals surface area contributed by atoms with Crippen LogP contribution in [0.15, 0.2) is 24.5 Å². The fourth-order valence-corrected chi connectivity index (χ4v) is 1.85. The molecule has 1 unspecified atom stereocenters. The molecule has 1 heterocycles. The predicted octanol–water partition coefficient (Wildman–Crippen LogP) is 2.21. The molecule has 106 valence electrons. The Morgan fingerprint density at radius 2 is 1.90 bits per heavy atom. The minimum Gasteiger partial charge on any atom is -0.481 e. The molecular weight excluding hydrogens is 271 g/mol. The number of ether oxygens (including phenoxy) is 1. The van der Waals surface area contributed by atoms with Crippen LogP contribution in [-0.4, -0.2) is 24.1 Å². The van der Waals surface area contributed by atoms with E-state index in [1.807, 2.05) is 0 Å². The quantitative estimate of drug-likeness (QED) is 0.874. The van der Waals surface area contributed by atoms with Gasteiger partial charge in [0.1, 0.15) is 6.33 Å². The van der Waals surface area contributed by atoms with Crippen molar-refractivity contribution in [2.75, 3.05) is 14.2 Å². The van der Waals surface area contributed by atoms with Crippen LogP contribution in [0.3, 0.4) is 0 Å². The molecule has 0 aliphatic heterocycles. The van der Waals surface area contributed by atoms with E-state index in [1.54, 1.807) is 7.05 Å². The van der Waals surface area contributed by atoms with Crippen LogP contribution in [0, 0.1) is 17.5 Å². The molecule has 1 atom stereocenters. The maximum atomic E-state index is 13.8. The average molecular weight is 283 g/mol. The van der Waals surface area contributed by atoms with E-state index >= 15 is 0 Å². The third-order valence-corrected chi connectivity index (χ3v) is 2.83. The second-order valence-electron chi connectivity index (χ2n) is 3.97. The first-order chi connectivity index (χ1) is 9.58. The summed E-state index contributed by atoms with van der Waals surface area (Å²) in [6, 6.07) is 2.78. The molecule has 0 saturated carbocycles. The standard InChI is InChI=1S/C13H12F3N3O/c1-17-13(9-5-10(20-2)19-6-18-9)7-3-4-8(14)12(16)11(7)15/h3-6,13,17H,1-2H3. The third-order valence-electron chi connectivity index (χ3n) is 2.83.